The number of likely N-dealkylation sites (tertiary alicyclic amines) is 1. The molecule has 1 unspecified atom stereocenters. The number of nitrogens with zero attached hydrogens (tertiary/aromatic N) is 2. The van der Waals surface area contributed by atoms with Gasteiger partial charge in [-0.15, -0.1) is 0 Å². The van der Waals surface area contributed by atoms with Crippen LogP contribution < -0.4 is 9.46 Å². The molecular formula is C25H29ClFN3O2S. The summed E-state index contributed by atoms with van der Waals surface area (Å²) in [5, 5.41) is 0.778. The highest BCUT2D eigenvalue weighted by Crippen LogP contribution is 2.45. The number of benzene rings is 2. The number of nitrogens with one attached hydrogen (secondary N) is 1. The zero-order valence-corrected chi connectivity index (χ0v) is 20.1. The van der Waals surface area contributed by atoms with E-state index in [2.05, 4.69) is 15.7 Å². The van der Waals surface area contributed by atoms with E-state index in [0.717, 1.165) is 81.0 Å². The van der Waals surface area contributed by atoms with Gasteiger partial charge < -0.3 is 4.74 Å². The Bertz CT molecular complexity index is 1020. The number of carbonyl (C=O) groups excluding carboxylic acids is 1. The Morgan fingerprint density at radius 2 is 1.97 bits per heavy atom. The maximum Gasteiger partial charge on any atom is 0.265 e. The molecule has 1 aliphatic carbocycles. The third kappa shape index (κ3) is 5.65. The van der Waals surface area contributed by atoms with Crippen LogP contribution in [0.25, 0.3) is 0 Å². The first-order valence-corrected chi connectivity index (χ1v) is 12.9. The molecule has 176 valence electrons. The summed E-state index contributed by atoms with van der Waals surface area (Å²) in [6.07, 6.45) is 5.17. The van der Waals surface area contributed by atoms with Crippen LogP contribution in [0.15, 0.2) is 36.4 Å². The van der Waals surface area contributed by atoms with E-state index >= 15 is 0 Å². The minimum atomic E-state index is -0.528. The van der Waals surface area contributed by atoms with Crippen LogP contribution in [0.2, 0.25) is 5.02 Å². The largest absolute Gasteiger partial charge is 0.489 e. The van der Waals surface area contributed by atoms with Gasteiger partial charge in [0.05, 0.1) is 5.56 Å². The SMILES string of the molecule is O=C(NSN1CCC1)c1cc(C2CC2)c(OC2CCCN(Cc3ccccc3Cl)C2)cc1F. The van der Waals surface area contributed by atoms with E-state index in [1.54, 1.807) is 6.07 Å². The first-order valence-electron chi connectivity index (χ1n) is 11.7. The van der Waals surface area contributed by atoms with E-state index in [-0.39, 0.29) is 17.6 Å². The molecule has 1 atom stereocenters. The molecule has 33 heavy (non-hydrogen) atoms. The molecule has 2 heterocycles. The molecule has 3 fully saturated rings. The van der Waals surface area contributed by atoms with Gasteiger partial charge in [-0.1, -0.05) is 29.8 Å². The lowest BCUT2D eigenvalue weighted by atomic mass is 10.0. The van der Waals surface area contributed by atoms with Gasteiger partial charge in [-0.2, -0.15) is 0 Å². The Morgan fingerprint density at radius 1 is 1.15 bits per heavy atom. The second-order valence-corrected chi connectivity index (χ2v) is 10.5. The van der Waals surface area contributed by atoms with Gasteiger partial charge in [0.15, 0.2) is 0 Å². The lowest BCUT2D eigenvalue weighted by Crippen LogP contribution is -2.40. The van der Waals surface area contributed by atoms with E-state index in [1.165, 1.54) is 18.2 Å². The second-order valence-electron chi connectivity index (χ2n) is 9.16. The van der Waals surface area contributed by atoms with Crippen LogP contribution in [0, 0.1) is 5.82 Å². The van der Waals surface area contributed by atoms with Gasteiger partial charge >= 0.3 is 0 Å². The van der Waals surface area contributed by atoms with Crippen molar-refractivity contribution in [2.45, 2.75) is 50.7 Å². The van der Waals surface area contributed by atoms with Gasteiger partial charge in [0.25, 0.3) is 5.91 Å². The molecule has 5 nitrogen and oxygen atoms in total. The molecule has 8 heteroatoms. The minimum Gasteiger partial charge on any atom is -0.489 e. The van der Waals surface area contributed by atoms with Crippen molar-refractivity contribution < 1.29 is 13.9 Å². The topological polar surface area (TPSA) is 44.8 Å². The van der Waals surface area contributed by atoms with Gasteiger partial charge in [0.2, 0.25) is 0 Å². The van der Waals surface area contributed by atoms with Crippen molar-refractivity contribution in [1.29, 1.82) is 0 Å². The molecule has 2 saturated heterocycles. The molecule has 2 aromatic carbocycles. The summed E-state index contributed by atoms with van der Waals surface area (Å²) < 4.78 is 26.1. The molecule has 2 aromatic rings. The molecule has 0 radical (unpaired) electrons. The standard InChI is InChI=1S/C25H29ClFN3O2S/c26-22-7-2-1-5-18(22)15-29-10-3-6-19(16-29)32-24-14-23(27)21(13-20(24)17-8-9-17)25(31)28-33-30-11-4-12-30/h1-2,5,7,13-14,17,19H,3-4,6,8-12,15-16H2,(H,28,31). The molecule has 1 saturated carbocycles. The number of rotatable bonds is 8. The van der Waals surface area contributed by atoms with Crippen molar-refractivity contribution in [2.24, 2.45) is 0 Å². The fourth-order valence-electron chi connectivity index (χ4n) is 4.40. The van der Waals surface area contributed by atoms with Crippen molar-refractivity contribution in [3.63, 3.8) is 0 Å². The smallest absolute Gasteiger partial charge is 0.265 e. The summed E-state index contributed by atoms with van der Waals surface area (Å²) in [6.45, 7) is 4.43. The maximum absolute atomic E-state index is 15.0. The monoisotopic (exact) mass is 489 g/mol. The summed E-state index contributed by atoms with van der Waals surface area (Å²) in [4.78, 5) is 14.9. The van der Waals surface area contributed by atoms with Crippen LogP contribution in [0.3, 0.4) is 0 Å². The van der Waals surface area contributed by atoms with Crippen LogP contribution in [0.4, 0.5) is 4.39 Å². The predicted octanol–water partition coefficient (Wildman–Crippen LogP) is 5.40. The van der Waals surface area contributed by atoms with Crippen molar-refractivity contribution in [3.05, 3.63) is 63.9 Å². The Kier molecular flexibility index (Phi) is 7.11. The number of piperidine rings is 1. The Balaban J connectivity index is 1.27. The van der Waals surface area contributed by atoms with Gasteiger partial charge in [0.1, 0.15) is 17.7 Å². The van der Waals surface area contributed by atoms with E-state index in [1.807, 2.05) is 22.5 Å². The highest BCUT2D eigenvalue weighted by Gasteiger charge is 2.31. The number of amides is 1. The Morgan fingerprint density at radius 3 is 2.70 bits per heavy atom. The molecule has 0 bridgehead atoms. The minimum absolute atomic E-state index is 0.0141. The van der Waals surface area contributed by atoms with Crippen molar-refractivity contribution in [3.8, 4) is 5.75 Å². The first-order chi connectivity index (χ1) is 16.1. The molecular weight excluding hydrogens is 461 g/mol. The molecule has 3 aliphatic rings. The molecule has 1 amide bonds. The normalized spacial score (nSPS) is 21.5. The zero-order valence-electron chi connectivity index (χ0n) is 18.6. The Hall–Kier alpha value is -1.80. The number of halogens is 2. The van der Waals surface area contributed by atoms with E-state index in [4.69, 9.17) is 16.3 Å². The third-order valence-electron chi connectivity index (χ3n) is 6.55. The van der Waals surface area contributed by atoms with E-state index < -0.39 is 5.82 Å². The zero-order chi connectivity index (χ0) is 22.8. The first kappa shape index (κ1) is 23.0. The van der Waals surface area contributed by atoms with Crippen LogP contribution in [-0.2, 0) is 6.54 Å². The summed E-state index contributed by atoms with van der Waals surface area (Å²) in [5.41, 5.74) is 2.16. The fraction of sp³-hybridized carbons (Fsp3) is 0.480. The summed E-state index contributed by atoms with van der Waals surface area (Å²) in [5.74, 6) is 0.0193. The number of carbonyl (C=O) groups is 1. The lowest BCUT2D eigenvalue weighted by molar-refractivity contribution is 0.0832. The summed E-state index contributed by atoms with van der Waals surface area (Å²) in [6, 6.07) is 11.0. The van der Waals surface area contributed by atoms with E-state index in [9.17, 15) is 9.18 Å². The average Bonchev–Trinajstić information content (AvgIpc) is 3.60. The predicted molar refractivity (Wildman–Crippen MR) is 130 cm³/mol. The van der Waals surface area contributed by atoms with Gasteiger partial charge in [-0.25, -0.2) is 8.70 Å². The molecule has 5 rings (SSSR count). The second kappa shape index (κ2) is 10.2. The highest BCUT2D eigenvalue weighted by molar-refractivity contribution is 7.95. The van der Waals surface area contributed by atoms with E-state index in [0.29, 0.717) is 11.7 Å². The van der Waals surface area contributed by atoms with Crippen LogP contribution in [0.1, 0.15) is 59.5 Å². The molecule has 0 aromatic heterocycles. The lowest BCUT2D eigenvalue weighted by Gasteiger charge is -2.33. The fourth-order valence-corrected chi connectivity index (χ4v) is 5.36. The van der Waals surface area contributed by atoms with Gasteiger partial charge in [-0.3, -0.25) is 14.4 Å². The van der Waals surface area contributed by atoms with Crippen LogP contribution >= 0.6 is 23.7 Å². The van der Waals surface area contributed by atoms with Crippen LogP contribution in [-0.4, -0.2) is 47.4 Å². The third-order valence-corrected chi connectivity index (χ3v) is 7.82. The summed E-state index contributed by atoms with van der Waals surface area (Å²) >= 11 is 7.60. The number of ether oxygens (including phenoxy) is 1. The van der Waals surface area contributed by atoms with Crippen molar-refractivity contribution >= 4 is 29.6 Å². The van der Waals surface area contributed by atoms with Gasteiger partial charge in [-0.05, 0) is 67.8 Å². The average molecular weight is 490 g/mol. The van der Waals surface area contributed by atoms with Crippen LogP contribution in [0.5, 0.6) is 5.75 Å². The van der Waals surface area contributed by atoms with Crippen molar-refractivity contribution in [2.75, 3.05) is 26.2 Å². The molecule has 0 spiro atoms. The molecule has 2 aliphatic heterocycles. The molecule has 1 N–H and O–H groups in total. The highest BCUT2D eigenvalue weighted by atomic mass is 35.5. The number of hydrogen-bond donors (Lipinski definition) is 1. The number of hydrogen-bond acceptors (Lipinski definition) is 5. The summed E-state index contributed by atoms with van der Waals surface area (Å²) in [7, 11) is 0. The van der Waals surface area contributed by atoms with Gasteiger partial charge in [0, 0.05) is 49.4 Å². The maximum atomic E-state index is 15.0. The van der Waals surface area contributed by atoms with Crippen molar-refractivity contribution in [1.82, 2.24) is 13.9 Å². The quantitative estimate of drug-likeness (QED) is 0.503. The Labute approximate surface area is 203 Å².